The van der Waals surface area contributed by atoms with Gasteiger partial charge in [0.05, 0.1) is 28.9 Å². The first-order valence-electron chi connectivity index (χ1n) is 10.1. The summed E-state index contributed by atoms with van der Waals surface area (Å²) in [7, 11) is 0. The van der Waals surface area contributed by atoms with Gasteiger partial charge in [0.25, 0.3) is 0 Å². The van der Waals surface area contributed by atoms with Gasteiger partial charge in [0.1, 0.15) is 0 Å². The third-order valence-electron chi connectivity index (χ3n) is 5.40. The van der Waals surface area contributed by atoms with Gasteiger partial charge in [-0.15, -0.1) is 0 Å². The number of anilines is 1. The van der Waals surface area contributed by atoms with E-state index in [0.29, 0.717) is 37.2 Å². The molecule has 1 saturated heterocycles. The van der Waals surface area contributed by atoms with Gasteiger partial charge in [-0.2, -0.15) is 0 Å². The maximum absolute atomic E-state index is 12.8. The Morgan fingerprint density at radius 3 is 2.57 bits per heavy atom. The SMILES string of the molecule is CCOC(=O)c1ccccc1NC(=O)N1CCC(n2c(=O)[nH]c3ccccc32)CC1. The number of nitrogens with zero attached hydrogens (tertiary/aromatic N) is 2. The van der Waals surface area contributed by atoms with Crippen LogP contribution in [0.5, 0.6) is 0 Å². The second-order valence-corrected chi connectivity index (χ2v) is 7.23. The van der Waals surface area contributed by atoms with Gasteiger partial charge in [-0.1, -0.05) is 24.3 Å². The van der Waals surface area contributed by atoms with Gasteiger partial charge < -0.3 is 19.9 Å². The Kier molecular flexibility index (Phi) is 5.56. The number of ether oxygens (including phenoxy) is 1. The normalized spacial score (nSPS) is 14.6. The molecule has 0 atom stereocenters. The number of rotatable bonds is 4. The van der Waals surface area contributed by atoms with Crippen LogP contribution in [0.3, 0.4) is 0 Å². The van der Waals surface area contributed by atoms with Crippen LogP contribution >= 0.6 is 0 Å². The fraction of sp³-hybridized carbons (Fsp3) is 0.318. The molecule has 0 unspecified atom stereocenters. The number of aromatic nitrogens is 2. The van der Waals surface area contributed by atoms with Crippen LogP contribution in [0.2, 0.25) is 0 Å². The predicted octanol–water partition coefficient (Wildman–Crippen LogP) is 3.38. The minimum atomic E-state index is -0.467. The highest BCUT2D eigenvalue weighted by molar-refractivity contribution is 6.00. The van der Waals surface area contributed by atoms with Crippen molar-refractivity contribution in [3.63, 3.8) is 0 Å². The second-order valence-electron chi connectivity index (χ2n) is 7.23. The standard InChI is InChI=1S/C22H24N4O4/c1-2-30-20(27)16-7-3-4-8-17(16)23-21(28)25-13-11-15(12-14-25)26-19-10-6-5-9-18(19)24-22(26)29/h3-10,15H,2,11-14H2,1H3,(H,23,28)(H,24,29). The van der Waals surface area contributed by atoms with Crippen LogP contribution in [-0.4, -0.2) is 46.1 Å². The van der Waals surface area contributed by atoms with E-state index in [0.717, 1.165) is 11.0 Å². The third-order valence-corrected chi connectivity index (χ3v) is 5.40. The minimum Gasteiger partial charge on any atom is -0.462 e. The van der Waals surface area contributed by atoms with Crippen molar-refractivity contribution < 1.29 is 14.3 Å². The summed E-state index contributed by atoms with van der Waals surface area (Å²) in [4.78, 5) is 41.9. The topological polar surface area (TPSA) is 96.4 Å². The van der Waals surface area contributed by atoms with Crippen LogP contribution in [0.1, 0.15) is 36.2 Å². The summed E-state index contributed by atoms with van der Waals surface area (Å²) < 4.78 is 6.85. The van der Waals surface area contributed by atoms with E-state index in [1.807, 2.05) is 24.3 Å². The van der Waals surface area contributed by atoms with Gasteiger partial charge >= 0.3 is 17.7 Å². The molecule has 2 N–H and O–H groups in total. The van der Waals surface area contributed by atoms with E-state index >= 15 is 0 Å². The molecule has 1 fully saturated rings. The molecule has 0 aliphatic carbocycles. The molecule has 0 bridgehead atoms. The number of esters is 1. The number of benzene rings is 2. The summed E-state index contributed by atoms with van der Waals surface area (Å²) >= 11 is 0. The number of aromatic amines is 1. The molecule has 1 aliphatic heterocycles. The summed E-state index contributed by atoms with van der Waals surface area (Å²) in [5.74, 6) is -0.467. The molecule has 8 nitrogen and oxygen atoms in total. The van der Waals surface area contributed by atoms with Crippen LogP contribution in [0.4, 0.5) is 10.5 Å². The average Bonchev–Trinajstić information content (AvgIpc) is 3.10. The molecule has 0 radical (unpaired) electrons. The zero-order chi connectivity index (χ0) is 21.1. The number of carbonyl (C=O) groups excluding carboxylic acids is 2. The number of fused-ring (bicyclic) bond motifs is 1. The first kappa shape index (κ1) is 19.8. The lowest BCUT2D eigenvalue weighted by Crippen LogP contribution is -2.42. The van der Waals surface area contributed by atoms with E-state index in [4.69, 9.17) is 4.74 Å². The second kappa shape index (κ2) is 8.44. The first-order chi connectivity index (χ1) is 14.6. The molecule has 0 spiro atoms. The quantitative estimate of drug-likeness (QED) is 0.647. The Morgan fingerprint density at radius 1 is 1.10 bits per heavy atom. The molecule has 4 rings (SSSR count). The number of para-hydroxylation sites is 3. The Morgan fingerprint density at radius 2 is 1.80 bits per heavy atom. The first-order valence-corrected chi connectivity index (χ1v) is 10.1. The van der Waals surface area contributed by atoms with Gasteiger partial charge in [0, 0.05) is 19.1 Å². The lowest BCUT2D eigenvalue weighted by molar-refractivity contribution is 0.0527. The van der Waals surface area contributed by atoms with Crippen LogP contribution in [0, 0.1) is 0 Å². The number of urea groups is 1. The molecule has 156 valence electrons. The van der Waals surface area contributed by atoms with Gasteiger partial charge in [-0.3, -0.25) is 4.57 Å². The summed E-state index contributed by atoms with van der Waals surface area (Å²) in [6.07, 6.45) is 1.35. The van der Waals surface area contributed by atoms with Crippen molar-refractivity contribution in [1.82, 2.24) is 14.5 Å². The lowest BCUT2D eigenvalue weighted by atomic mass is 10.0. The zero-order valence-corrected chi connectivity index (χ0v) is 16.8. The number of nitrogens with one attached hydrogen (secondary N) is 2. The van der Waals surface area contributed by atoms with Crippen molar-refractivity contribution in [1.29, 1.82) is 0 Å². The fourth-order valence-corrected chi connectivity index (χ4v) is 3.94. The summed E-state index contributed by atoms with van der Waals surface area (Å²) in [5, 5.41) is 2.82. The van der Waals surface area contributed by atoms with Crippen LogP contribution < -0.4 is 11.0 Å². The Bertz CT molecular complexity index is 1130. The number of H-pyrrole nitrogens is 1. The van der Waals surface area contributed by atoms with Gasteiger partial charge in [-0.05, 0) is 44.0 Å². The molecule has 2 aromatic carbocycles. The van der Waals surface area contributed by atoms with Crippen molar-refractivity contribution in [3.05, 3.63) is 64.6 Å². The number of amides is 2. The molecular weight excluding hydrogens is 384 g/mol. The molecule has 1 aliphatic rings. The van der Waals surface area contributed by atoms with E-state index in [-0.39, 0.29) is 24.4 Å². The third kappa shape index (κ3) is 3.80. The van der Waals surface area contributed by atoms with E-state index in [9.17, 15) is 14.4 Å². The van der Waals surface area contributed by atoms with E-state index in [1.54, 1.807) is 40.7 Å². The number of imidazole rings is 1. The smallest absolute Gasteiger partial charge is 0.340 e. The number of carbonyl (C=O) groups is 2. The van der Waals surface area contributed by atoms with Crippen LogP contribution in [0.15, 0.2) is 53.3 Å². The molecule has 8 heteroatoms. The van der Waals surface area contributed by atoms with Crippen molar-refractivity contribution in [2.75, 3.05) is 25.0 Å². The highest BCUT2D eigenvalue weighted by Gasteiger charge is 2.26. The van der Waals surface area contributed by atoms with E-state index < -0.39 is 5.97 Å². The molecule has 1 aromatic heterocycles. The molecule has 30 heavy (non-hydrogen) atoms. The maximum atomic E-state index is 12.8. The average molecular weight is 408 g/mol. The summed E-state index contributed by atoms with van der Waals surface area (Å²) in [5.41, 5.74) is 2.33. The fourth-order valence-electron chi connectivity index (χ4n) is 3.94. The summed E-state index contributed by atoms with van der Waals surface area (Å²) in [6.45, 7) is 3.04. The van der Waals surface area contributed by atoms with Crippen molar-refractivity contribution >= 4 is 28.7 Å². The monoisotopic (exact) mass is 408 g/mol. The Hall–Kier alpha value is -3.55. The van der Waals surface area contributed by atoms with Crippen molar-refractivity contribution in [2.45, 2.75) is 25.8 Å². The number of hydrogen-bond donors (Lipinski definition) is 2. The molecule has 2 amide bonds. The Balaban J connectivity index is 1.44. The summed E-state index contributed by atoms with van der Waals surface area (Å²) in [6, 6.07) is 14.2. The Labute approximate surface area is 173 Å². The van der Waals surface area contributed by atoms with E-state index in [1.165, 1.54) is 0 Å². The van der Waals surface area contributed by atoms with Crippen LogP contribution in [0.25, 0.3) is 11.0 Å². The number of hydrogen-bond acceptors (Lipinski definition) is 4. The number of likely N-dealkylation sites (tertiary alicyclic amines) is 1. The highest BCUT2D eigenvalue weighted by Crippen LogP contribution is 2.25. The largest absolute Gasteiger partial charge is 0.462 e. The molecular formula is C22H24N4O4. The molecule has 2 heterocycles. The zero-order valence-electron chi connectivity index (χ0n) is 16.8. The minimum absolute atomic E-state index is 0.0320. The van der Waals surface area contributed by atoms with Gasteiger partial charge in [-0.25, -0.2) is 14.4 Å². The van der Waals surface area contributed by atoms with Crippen molar-refractivity contribution in [2.24, 2.45) is 0 Å². The van der Waals surface area contributed by atoms with Crippen LogP contribution in [-0.2, 0) is 4.74 Å². The predicted molar refractivity (Wildman–Crippen MR) is 114 cm³/mol. The van der Waals surface area contributed by atoms with Gasteiger partial charge in [0.15, 0.2) is 0 Å². The molecule has 0 saturated carbocycles. The molecule has 3 aromatic rings. The van der Waals surface area contributed by atoms with Crippen molar-refractivity contribution in [3.8, 4) is 0 Å². The van der Waals surface area contributed by atoms with Gasteiger partial charge in [0.2, 0.25) is 0 Å². The maximum Gasteiger partial charge on any atom is 0.340 e. The number of piperidine rings is 1. The lowest BCUT2D eigenvalue weighted by Gasteiger charge is -2.32. The van der Waals surface area contributed by atoms with E-state index in [2.05, 4.69) is 10.3 Å². The highest BCUT2D eigenvalue weighted by atomic mass is 16.5.